The first-order valence-electron chi connectivity index (χ1n) is 16.3. The number of nitrogens with zero attached hydrogens (tertiary/aromatic N) is 4. The fraction of sp³-hybridized carbons (Fsp3) is 0.545. The Morgan fingerprint density at radius 1 is 0.891 bits per heavy atom. The molecular weight excluding hydrogens is 720 g/mol. The molecule has 4 amide bonds. The summed E-state index contributed by atoms with van der Waals surface area (Å²) in [6.45, 7) is 6.78. The second-order valence-electron chi connectivity index (χ2n) is 12.6. The molecule has 4 heterocycles. The summed E-state index contributed by atoms with van der Waals surface area (Å²) in [7, 11) is 0. The van der Waals surface area contributed by atoms with E-state index < -0.39 is 12.2 Å². The molecule has 6 rings (SSSR count). The van der Waals surface area contributed by atoms with Crippen molar-refractivity contribution in [2.24, 2.45) is 0 Å². The van der Waals surface area contributed by atoms with E-state index in [-0.39, 0.29) is 30.2 Å². The van der Waals surface area contributed by atoms with Crippen molar-refractivity contribution in [2.45, 2.75) is 56.7 Å². The Bertz CT molecular complexity index is 1400. The third-order valence-electron chi connectivity index (χ3n) is 9.77. The quantitative estimate of drug-likeness (QED) is 0.400. The molecule has 0 bridgehead atoms. The number of fused-ring (bicyclic) bond motifs is 1. The molecule has 3 fully saturated rings. The van der Waals surface area contributed by atoms with Gasteiger partial charge in [-0.15, -0.1) is 0 Å². The van der Waals surface area contributed by atoms with Crippen LogP contribution < -0.4 is 10.6 Å². The van der Waals surface area contributed by atoms with Gasteiger partial charge in [0.2, 0.25) is 0 Å². The lowest BCUT2D eigenvalue weighted by Gasteiger charge is -2.41. The Hall–Kier alpha value is -2.87. The number of piperidine rings is 2. The molecule has 0 aromatic heterocycles. The van der Waals surface area contributed by atoms with Gasteiger partial charge in [-0.1, -0.05) is 18.2 Å². The normalized spacial score (nSPS) is 20.9. The molecule has 3 N–H and O–H groups in total. The second kappa shape index (κ2) is 14.9. The molecule has 4 aliphatic heterocycles. The summed E-state index contributed by atoms with van der Waals surface area (Å²) in [5.74, 6) is -0.119. The van der Waals surface area contributed by atoms with Gasteiger partial charge in [-0.3, -0.25) is 9.69 Å². The molecule has 0 unspecified atom stereocenters. The van der Waals surface area contributed by atoms with Gasteiger partial charge < -0.3 is 35.2 Å². The smallest absolute Gasteiger partial charge is 0.410 e. The number of likely N-dealkylation sites (tertiary alicyclic amines) is 2. The molecule has 1 atom stereocenters. The van der Waals surface area contributed by atoms with Crippen LogP contribution in [-0.4, -0.2) is 120 Å². The van der Waals surface area contributed by atoms with Gasteiger partial charge in [0.05, 0.1) is 8.95 Å². The van der Waals surface area contributed by atoms with Gasteiger partial charge in [-0.05, 0) is 93.3 Å². The Kier molecular flexibility index (Phi) is 10.7. The number of piperazine rings is 1. The van der Waals surface area contributed by atoms with Crippen LogP contribution in [0.5, 0.6) is 5.75 Å². The number of anilines is 1. The van der Waals surface area contributed by atoms with Crippen molar-refractivity contribution in [2.75, 3.05) is 64.2 Å². The van der Waals surface area contributed by atoms with Crippen molar-refractivity contribution >= 4 is 55.6 Å². The number of carbonyl (C=O) groups is 3. The number of carbonyl (C=O) groups excluding carboxylic acids is 3. The van der Waals surface area contributed by atoms with Crippen molar-refractivity contribution in [1.29, 1.82) is 0 Å². The molecule has 3 saturated heterocycles. The van der Waals surface area contributed by atoms with Crippen LogP contribution >= 0.6 is 31.9 Å². The standard InChI is InChI=1S/C33H42Br2N6O5/c34-26-19-22(20-27(35)30(26)42)21-29(31(43)39-12-6-24(7-13-39)38-17-10-36-11-18-38)46-33(45)40-14-8-25(9-15-40)41-16-5-23-3-1-2-4-28(23)37-32(41)44/h1-4,19-20,24-25,29,36,42H,5-18,21H2,(H,37,44)/t29-/m1/s1. The lowest BCUT2D eigenvalue weighted by molar-refractivity contribution is -0.142. The average Bonchev–Trinajstić information content (AvgIpc) is 3.25. The first-order valence-corrected chi connectivity index (χ1v) is 17.9. The number of para-hydroxylation sites is 1. The van der Waals surface area contributed by atoms with E-state index >= 15 is 0 Å². The zero-order valence-electron chi connectivity index (χ0n) is 25.9. The van der Waals surface area contributed by atoms with Crippen LogP contribution in [0.3, 0.4) is 0 Å². The number of aromatic hydroxyl groups is 1. The zero-order valence-corrected chi connectivity index (χ0v) is 29.1. The third kappa shape index (κ3) is 7.64. The van der Waals surface area contributed by atoms with Gasteiger partial charge >= 0.3 is 12.1 Å². The summed E-state index contributed by atoms with van der Waals surface area (Å²) in [6.07, 6.45) is 2.50. The van der Waals surface area contributed by atoms with E-state index in [1.807, 2.05) is 34.1 Å². The van der Waals surface area contributed by atoms with Crippen LogP contribution in [-0.2, 0) is 22.4 Å². The van der Waals surface area contributed by atoms with Crippen LogP contribution in [0.2, 0.25) is 0 Å². The molecule has 0 aliphatic carbocycles. The number of hydrogen-bond donors (Lipinski definition) is 3. The summed E-state index contributed by atoms with van der Waals surface area (Å²) >= 11 is 6.76. The SMILES string of the molecule is O=C(O[C@H](Cc1cc(Br)c(O)c(Br)c1)C(=O)N1CCC(N2CCNCC2)CC1)N1CCC(N2CCc3ccccc3NC2=O)CC1. The van der Waals surface area contributed by atoms with Crippen LogP contribution in [0.15, 0.2) is 45.3 Å². The van der Waals surface area contributed by atoms with Crippen molar-refractivity contribution in [3.63, 3.8) is 0 Å². The summed E-state index contributed by atoms with van der Waals surface area (Å²) in [5, 5.41) is 16.7. The van der Waals surface area contributed by atoms with Crippen molar-refractivity contribution in [1.82, 2.24) is 24.9 Å². The lowest BCUT2D eigenvalue weighted by Crippen LogP contribution is -2.54. The monoisotopic (exact) mass is 760 g/mol. The average molecular weight is 763 g/mol. The summed E-state index contributed by atoms with van der Waals surface area (Å²) in [4.78, 5) is 48.4. The number of benzene rings is 2. The van der Waals surface area contributed by atoms with E-state index in [2.05, 4.69) is 47.4 Å². The highest BCUT2D eigenvalue weighted by Gasteiger charge is 2.36. The van der Waals surface area contributed by atoms with E-state index in [0.29, 0.717) is 60.6 Å². The number of phenols is 1. The first-order chi connectivity index (χ1) is 22.3. The maximum atomic E-state index is 13.9. The predicted octanol–water partition coefficient (Wildman–Crippen LogP) is 4.42. The lowest BCUT2D eigenvalue weighted by atomic mass is 10.0. The number of rotatable bonds is 6. The maximum Gasteiger partial charge on any atom is 0.410 e. The topological polar surface area (TPSA) is 118 Å². The van der Waals surface area contributed by atoms with Crippen LogP contribution in [0, 0.1) is 0 Å². The van der Waals surface area contributed by atoms with Crippen molar-refractivity contribution in [3.8, 4) is 5.75 Å². The highest BCUT2D eigenvalue weighted by molar-refractivity contribution is 9.11. The second-order valence-corrected chi connectivity index (χ2v) is 14.3. The van der Waals surface area contributed by atoms with Gasteiger partial charge in [-0.2, -0.15) is 0 Å². The maximum absolute atomic E-state index is 13.9. The number of amides is 4. The molecular formula is C33H42Br2N6O5. The molecule has 46 heavy (non-hydrogen) atoms. The summed E-state index contributed by atoms with van der Waals surface area (Å²) in [6, 6.07) is 11.7. The van der Waals surface area contributed by atoms with Gasteiger partial charge in [-0.25, -0.2) is 9.59 Å². The molecule has 0 spiro atoms. The number of ether oxygens (including phenoxy) is 1. The molecule has 2 aromatic rings. The Morgan fingerprint density at radius 3 is 2.22 bits per heavy atom. The van der Waals surface area contributed by atoms with Gasteiger partial charge in [0.1, 0.15) is 5.75 Å². The Balaban J connectivity index is 1.09. The van der Waals surface area contributed by atoms with E-state index in [1.165, 1.54) is 0 Å². The van der Waals surface area contributed by atoms with Gasteiger partial charge in [0.25, 0.3) is 5.91 Å². The minimum absolute atomic E-state index is 0.0134. The van der Waals surface area contributed by atoms with E-state index in [1.54, 1.807) is 17.0 Å². The Labute approximate surface area is 286 Å². The molecule has 0 radical (unpaired) electrons. The number of hydrogen-bond acceptors (Lipinski definition) is 7. The number of halogens is 2. The minimum atomic E-state index is -1.00. The fourth-order valence-electron chi connectivity index (χ4n) is 7.13. The highest BCUT2D eigenvalue weighted by atomic mass is 79.9. The van der Waals surface area contributed by atoms with Crippen molar-refractivity contribution in [3.05, 3.63) is 56.5 Å². The molecule has 0 saturated carbocycles. The third-order valence-corrected chi connectivity index (χ3v) is 11.0. The van der Waals surface area contributed by atoms with E-state index in [9.17, 15) is 19.5 Å². The van der Waals surface area contributed by atoms with Gasteiger partial charge in [0.15, 0.2) is 6.10 Å². The molecule has 13 heteroatoms. The van der Waals surface area contributed by atoms with Crippen LogP contribution in [0.25, 0.3) is 0 Å². The molecule has 11 nitrogen and oxygen atoms in total. The first kappa shape index (κ1) is 33.0. The van der Waals surface area contributed by atoms with Crippen LogP contribution in [0.1, 0.15) is 36.8 Å². The van der Waals surface area contributed by atoms with E-state index in [4.69, 9.17) is 4.74 Å². The zero-order chi connectivity index (χ0) is 32.2. The van der Waals surface area contributed by atoms with Crippen molar-refractivity contribution < 1.29 is 24.2 Å². The number of phenolic OH excluding ortho intramolecular Hbond substituents is 1. The molecule has 4 aliphatic rings. The summed E-state index contributed by atoms with van der Waals surface area (Å²) < 4.78 is 7.01. The fourth-order valence-corrected chi connectivity index (χ4v) is 8.41. The van der Waals surface area contributed by atoms with Gasteiger partial charge in [0, 0.05) is 83.1 Å². The van der Waals surface area contributed by atoms with E-state index in [0.717, 1.165) is 62.3 Å². The minimum Gasteiger partial charge on any atom is -0.506 e. The molecule has 248 valence electrons. The summed E-state index contributed by atoms with van der Waals surface area (Å²) in [5.41, 5.74) is 2.73. The molecule has 2 aromatic carbocycles. The number of urea groups is 1. The number of nitrogens with one attached hydrogen (secondary N) is 2. The Morgan fingerprint density at radius 2 is 1.52 bits per heavy atom. The largest absolute Gasteiger partial charge is 0.506 e. The van der Waals surface area contributed by atoms with Crippen LogP contribution in [0.4, 0.5) is 15.3 Å². The predicted molar refractivity (Wildman–Crippen MR) is 182 cm³/mol. The highest BCUT2D eigenvalue weighted by Crippen LogP contribution is 2.34.